The Labute approximate surface area is 181 Å². The number of amides is 1. The molecule has 0 atom stereocenters. The van der Waals surface area contributed by atoms with Gasteiger partial charge >= 0.3 is 0 Å². The van der Waals surface area contributed by atoms with Gasteiger partial charge in [0.05, 0.1) is 11.4 Å². The van der Waals surface area contributed by atoms with Crippen molar-refractivity contribution >= 4 is 45.7 Å². The molecule has 0 radical (unpaired) electrons. The Morgan fingerprint density at radius 3 is 2.86 bits per heavy atom. The van der Waals surface area contributed by atoms with Crippen LogP contribution in [0.3, 0.4) is 0 Å². The molecular formula is C20H16ClN5OS2. The van der Waals surface area contributed by atoms with Crippen LogP contribution in [-0.2, 0) is 11.2 Å². The van der Waals surface area contributed by atoms with Crippen LogP contribution in [0.15, 0.2) is 72.3 Å². The number of benzene rings is 2. The Bertz CT molecular complexity index is 1110. The first kappa shape index (κ1) is 19.6. The van der Waals surface area contributed by atoms with E-state index >= 15 is 0 Å². The van der Waals surface area contributed by atoms with E-state index in [1.807, 2.05) is 36.4 Å². The zero-order valence-corrected chi connectivity index (χ0v) is 17.5. The minimum absolute atomic E-state index is 0.142. The molecule has 0 aliphatic heterocycles. The zero-order valence-electron chi connectivity index (χ0n) is 15.2. The highest BCUT2D eigenvalue weighted by Crippen LogP contribution is 2.24. The van der Waals surface area contributed by atoms with Gasteiger partial charge in [0, 0.05) is 22.5 Å². The van der Waals surface area contributed by atoms with Crippen LogP contribution in [0.1, 0.15) is 10.4 Å². The van der Waals surface area contributed by atoms with E-state index in [9.17, 15) is 4.79 Å². The van der Waals surface area contributed by atoms with Crippen LogP contribution in [0, 0.1) is 0 Å². The standard InChI is InChI=1S/C20H16ClN5OS2/c21-15-7-4-8-16(10-15)26-13-23-25-20(26)28-12-18(27)24-19-22-11-17(29-19)9-14-5-2-1-3-6-14/h1-8,10-11,13H,9,12H2,(H,22,24,27). The van der Waals surface area contributed by atoms with Crippen molar-refractivity contribution in [2.75, 3.05) is 11.1 Å². The molecule has 2 aromatic heterocycles. The monoisotopic (exact) mass is 441 g/mol. The van der Waals surface area contributed by atoms with Gasteiger partial charge in [0.1, 0.15) is 6.33 Å². The Kier molecular flexibility index (Phi) is 6.24. The lowest BCUT2D eigenvalue weighted by Gasteiger charge is -2.06. The van der Waals surface area contributed by atoms with Gasteiger partial charge in [-0.05, 0) is 23.8 Å². The molecule has 9 heteroatoms. The van der Waals surface area contributed by atoms with E-state index in [4.69, 9.17) is 11.6 Å². The molecule has 0 bridgehead atoms. The van der Waals surface area contributed by atoms with Gasteiger partial charge in [-0.25, -0.2) is 4.98 Å². The predicted octanol–water partition coefficient (Wildman–Crippen LogP) is 4.70. The first-order valence-electron chi connectivity index (χ1n) is 8.74. The van der Waals surface area contributed by atoms with Crippen molar-refractivity contribution in [1.82, 2.24) is 19.7 Å². The van der Waals surface area contributed by atoms with Crippen molar-refractivity contribution in [3.63, 3.8) is 0 Å². The normalized spacial score (nSPS) is 10.8. The maximum atomic E-state index is 12.3. The number of thiazole rings is 1. The Hall–Kier alpha value is -2.68. The number of halogens is 1. The van der Waals surface area contributed by atoms with E-state index in [0.29, 0.717) is 15.3 Å². The van der Waals surface area contributed by atoms with Crippen molar-refractivity contribution < 1.29 is 4.79 Å². The molecule has 0 aliphatic rings. The average molecular weight is 442 g/mol. The molecule has 0 unspecified atom stereocenters. The van der Waals surface area contributed by atoms with Crippen LogP contribution in [0.4, 0.5) is 5.13 Å². The number of aromatic nitrogens is 4. The molecule has 1 N–H and O–H groups in total. The molecule has 1 amide bonds. The topological polar surface area (TPSA) is 72.7 Å². The van der Waals surface area contributed by atoms with E-state index in [1.165, 1.54) is 28.7 Å². The molecule has 0 fully saturated rings. The number of thioether (sulfide) groups is 1. The van der Waals surface area contributed by atoms with Gasteiger partial charge in [0.2, 0.25) is 5.91 Å². The third kappa shape index (κ3) is 5.23. The highest BCUT2D eigenvalue weighted by Gasteiger charge is 2.12. The first-order chi connectivity index (χ1) is 14.2. The summed E-state index contributed by atoms with van der Waals surface area (Å²) < 4.78 is 1.80. The predicted molar refractivity (Wildman–Crippen MR) is 117 cm³/mol. The minimum atomic E-state index is -0.142. The van der Waals surface area contributed by atoms with Gasteiger partial charge in [-0.1, -0.05) is 59.8 Å². The average Bonchev–Trinajstić information content (AvgIpc) is 3.36. The van der Waals surface area contributed by atoms with Crippen LogP contribution in [-0.4, -0.2) is 31.4 Å². The molecule has 29 heavy (non-hydrogen) atoms. The number of carbonyl (C=O) groups excluding carboxylic acids is 1. The van der Waals surface area contributed by atoms with E-state index in [1.54, 1.807) is 23.2 Å². The van der Waals surface area contributed by atoms with Crippen LogP contribution >= 0.6 is 34.7 Å². The molecule has 0 saturated carbocycles. The Morgan fingerprint density at radius 2 is 2.03 bits per heavy atom. The fourth-order valence-electron chi connectivity index (χ4n) is 2.66. The Morgan fingerprint density at radius 1 is 1.17 bits per heavy atom. The molecule has 0 spiro atoms. The second-order valence-corrected chi connectivity index (χ2v) is 8.59. The summed E-state index contributed by atoms with van der Waals surface area (Å²) in [6, 6.07) is 17.5. The molecule has 2 heterocycles. The number of hydrogen-bond acceptors (Lipinski definition) is 6. The molecular weight excluding hydrogens is 426 g/mol. The third-order valence-electron chi connectivity index (χ3n) is 3.96. The summed E-state index contributed by atoms with van der Waals surface area (Å²) in [5.74, 6) is 0.0589. The van der Waals surface area contributed by atoms with E-state index in [2.05, 4.69) is 32.6 Å². The van der Waals surface area contributed by atoms with Gasteiger partial charge in [-0.15, -0.1) is 21.5 Å². The zero-order chi connectivity index (χ0) is 20.1. The van der Waals surface area contributed by atoms with Crippen LogP contribution in [0.5, 0.6) is 0 Å². The Balaban J connectivity index is 1.34. The van der Waals surface area contributed by atoms with Gasteiger partial charge < -0.3 is 5.32 Å². The number of anilines is 1. The molecule has 2 aromatic carbocycles. The first-order valence-corrected chi connectivity index (χ1v) is 10.9. The lowest BCUT2D eigenvalue weighted by Crippen LogP contribution is -2.14. The molecule has 0 saturated heterocycles. The highest BCUT2D eigenvalue weighted by atomic mass is 35.5. The lowest BCUT2D eigenvalue weighted by atomic mass is 10.1. The quantitative estimate of drug-likeness (QED) is 0.421. The van der Waals surface area contributed by atoms with E-state index in [-0.39, 0.29) is 11.7 Å². The van der Waals surface area contributed by atoms with E-state index < -0.39 is 0 Å². The fraction of sp³-hybridized carbons (Fsp3) is 0.100. The second kappa shape index (κ2) is 9.21. The van der Waals surface area contributed by atoms with Crippen LogP contribution in [0.2, 0.25) is 5.02 Å². The SMILES string of the molecule is O=C(CSc1nncn1-c1cccc(Cl)c1)Nc1ncc(Cc2ccccc2)s1. The summed E-state index contributed by atoms with van der Waals surface area (Å²) in [7, 11) is 0. The van der Waals surface area contributed by atoms with Gasteiger partial charge in [0.15, 0.2) is 10.3 Å². The molecule has 0 aliphatic carbocycles. The number of carbonyl (C=O) groups is 1. The van der Waals surface area contributed by atoms with Crippen LogP contribution in [0.25, 0.3) is 5.69 Å². The second-order valence-electron chi connectivity index (χ2n) is 6.09. The van der Waals surface area contributed by atoms with Crippen molar-refractivity contribution in [3.8, 4) is 5.69 Å². The fourth-order valence-corrected chi connectivity index (χ4v) is 4.43. The summed E-state index contributed by atoms with van der Waals surface area (Å²) in [5.41, 5.74) is 2.06. The third-order valence-corrected chi connectivity index (χ3v) is 6.05. The maximum Gasteiger partial charge on any atom is 0.236 e. The summed E-state index contributed by atoms with van der Waals surface area (Å²) in [5, 5.41) is 12.7. The highest BCUT2D eigenvalue weighted by molar-refractivity contribution is 7.99. The maximum absolute atomic E-state index is 12.3. The van der Waals surface area contributed by atoms with Gasteiger partial charge in [0.25, 0.3) is 0 Å². The summed E-state index contributed by atoms with van der Waals surface area (Å²) in [4.78, 5) is 17.7. The van der Waals surface area contributed by atoms with Crippen LogP contribution < -0.4 is 5.32 Å². The number of nitrogens with zero attached hydrogens (tertiary/aromatic N) is 4. The summed E-state index contributed by atoms with van der Waals surface area (Å²) >= 11 is 8.84. The summed E-state index contributed by atoms with van der Waals surface area (Å²) in [6.07, 6.45) is 4.20. The number of hydrogen-bond donors (Lipinski definition) is 1. The number of nitrogens with one attached hydrogen (secondary N) is 1. The van der Waals surface area contributed by atoms with Gasteiger partial charge in [-0.3, -0.25) is 9.36 Å². The molecule has 6 nitrogen and oxygen atoms in total. The largest absolute Gasteiger partial charge is 0.301 e. The van der Waals surface area contributed by atoms with Crippen molar-refractivity contribution in [1.29, 1.82) is 0 Å². The van der Waals surface area contributed by atoms with E-state index in [0.717, 1.165) is 17.0 Å². The lowest BCUT2D eigenvalue weighted by molar-refractivity contribution is -0.113. The van der Waals surface area contributed by atoms with Crippen molar-refractivity contribution in [2.24, 2.45) is 0 Å². The smallest absolute Gasteiger partial charge is 0.236 e. The summed E-state index contributed by atoms with van der Waals surface area (Å²) in [6.45, 7) is 0. The molecule has 4 aromatic rings. The van der Waals surface area contributed by atoms with Crippen molar-refractivity contribution in [2.45, 2.75) is 11.6 Å². The van der Waals surface area contributed by atoms with Crippen molar-refractivity contribution in [3.05, 3.63) is 82.6 Å². The molecule has 146 valence electrons. The molecule has 4 rings (SSSR count). The minimum Gasteiger partial charge on any atom is -0.301 e. The number of rotatable bonds is 7. The van der Waals surface area contributed by atoms with Gasteiger partial charge in [-0.2, -0.15) is 0 Å².